The topological polar surface area (TPSA) is 74.6 Å². The van der Waals surface area contributed by atoms with Crippen molar-refractivity contribution < 1.29 is 0 Å². The Morgan fingerprint density at radius 1 is 1.27 bits per heavy atom. The van der Waals surface area contributed by atoms with Gasteiger partial charge in [-0.3, -0.25) is 5.41 Å². The second-order valence-electron chi connectivity index (χ2n) is 4.96. The maximum absolute atomic E-state index is 7.68. The number of halogens is 2. The minimum Gasteiger partial charge on any atom is -0.387 e. The molecule has 4 aliphatic rings. The second kappa shape index (κ2) is 3.32. The predicted molar refractivity (Wildman–Crippen MR) is 63.2 cm³/mol. The number of nitrogens with two attached hydrogens (primary N) is 1. The summed E-state index contributed by atoms with van der Waals surface area (Å²) in [4.78, 5) is 0. The Morgan fingerprint density at radius 3 is 2.40 bits per heavy atom. The Balaban J connectivity index is 0.000000562. The number of hydrogen-bond acceptors (Lipinski definition) is 3. The van der Waals surface area contributed by atoms with Crippen LogP contribution < -0.4 is 5.73 Å². The average Bonchev–Trinajstić information content (AvgIpc) is 2.69. The summed E-state index contributed by atoms with van der Waals surface area (Å²) >= 11 is 0. The SMILES string of the molecule is CC12CC(C1)N=NC1CC12C(=N)N.Cl.Cl. The highest BCUT2D eigenvalue weighted by molar-refractivity contribution is 5.89. The van der Waals surface area contributed by atoms with Gasteiger partial charge in [-0.25, -0.2) is 0 Å². The van der Waals surface area contributed by atoms with Gasteiger partial charge < -0.3 is 5.73 Å². The van der Waals surface area contributed by atoms with Crippen molar-refractivity contribution in [1.29, 1.82) is 5.41 Å². The van der Waals surface area contributed by atoms with Crippen molar-refractivity contribution >= 4 is 30.6 Å². The van der Waals surface area contributed by atoms with Crippen LogP contribution in [0.3, 0.4) is 0 Å². The monoisotopic (exact) mass is 250 g/mol. The smallest absolute Gasteiger partial charge is 0.0997 e. The fraction of sp³-hybridized carbons (Fsp3) is 0.889. The highest BCUT2D eigenvalue weighted by Gasteiger charge is 2.72. The van der Waals surface area contributed by atoms with Gasteiger partial charge >= 0.3 is 0 Å². The predicted octanol–water partition coefficient (Wildman–Crippen LogP) is 2.16. The third kappa shape index (κ3) is 1.24. The molecule has 4 rings (SSSR count). The molecule has 2 saturated carbocycles. The van der Waals surface area contributed by atoms with Crippen LogP contribution in [0.4, 0.5) is 0 Å². The summed E-state index contributed by atoms with van der Waals surface area (Å²) in [7, 11) is 0. The van der Waals surface area contributed by atoms with Crippen LogP contribution in [-0.4, -0.2) is 17.9 Å². The van der Waals surface area contributed by atoms with Gasteiger partial charge in [0, 0.05) is 0 Å². The lowest BCUT2D eigenvalue weighted by molar-refractivity contribution is 0.0753. The number of azo groups is 1. The molecule has 0 radical (unpaired) electrons. The molecule has 2 atom stereocenters. The number of hydrogen-bond donors (Lipinski definition) is 2. The van der Waals surface area contributed by atoms with Gasteiger partial charge in [0.2, 0.25) is 0 Å². The minimum absolute atomic E-state index is 0. The van der Waals surface area contributed by atoms with E-state index < -0.39 is 0 Å². The van der Waals surface area contributed by atoms with Crippen molar-refractivity contribution in [2.75, 3.05) is 0 Å². The van der Waals surface area contributed by atoms with Gasteiger partial charge in [-0.2, -0.15) is 10.2 Å². The molecule has 4 nitrogen and oxygen atoms in total. The normalized spacial score (nSPS) is 48.6. The molecule has 0 aromatic heterocycles. The van der Waals surface area contributed by atoms with Crippen molar-refractivity contribution in [2.24, 2.45) is 26.8 Å². The Labute approximate surface area is 101 Å². The van der Waals surface area contributed by atoms with Crippen LogP contribution in [0.25, 0.3) is 0 Å². The van der Waals surface area contributed by atoms with Crippen LogP contribution in [0.2, 0.25) is 0 Å². The first-order valence-corrected chi connectivity index (χ1v) is 4.83. The van der Waals surface area contributed by atoms with E-state index in [1.807, 2.05) is 0 Å². The Bertz CT molecular complexity index is 324. The highest BCUT2D eigenvalue weighted by atomic mass is 35.5. The first-order valence-electron chi connectivity index (χ1n) is 4.83. The molecule has 2 aliphatic carbocycles. The van der Waals surface area contributed by atoms with Crippen molar-refractivity contribution in [1.82, 2.24) is 0 Å². The van der Waals surface area contributed by atoms with Gasteiger partial charge in [0.15, 0.2) is 0 Å². The molecule has 2 heterocycles. The third-order valence-corrected chi connectivity index (χ3v) is 4.22. The first kappa shape index (κ1) is 12.7. The third-order valence-electron chi connectivity index (χ3n) is 4.22. The second-order valence-corrected chi connectivity index (χ2v) is 4.96. The summed E-state index contributed by atoms with van der Waals surface area (Å²) in [6.07, 6.45) is 3.11. The van der Waals surface area contributed by atoms with Gasteiger partial charge in [-0.15, -0.1) is 24.8 Å². The molecule has 2 fully saturated rings. The summed E-state index contributed by atoms with van der Waals surface area (Å²) in [5, 5.41) is 16.2. The quantitative estimate of drug-likeness (QED) is 0.543. The number of amidine groups is 1. The van der Waals surface area contributed by atoms with Gasteiger partial charge in [0.05, 0.1) is 23.3 Å². The lowest BCUT2D eigenvalue weighted by Gasteiger charge is -2.47. The Morgan fingerprint density at radius 2 is 1.87 bits per heavy atom. The standard InChI is InChI=1S/C9H14N4.2ClH/c1-8-2-5(3-8)12-13-6-4-9(6,8)7(10)11;;/h5-6H,2-4H2,1H3,(H3,10,11);2*1H. The molecule has 2 bridgehead atoms. The molecular formula is C9H16Cl2N4. The van der Waals surface area contributed by atoms with Gasteiger partial charge in [0.25, 0.3) is 0 Å². The summed E-state index contributed by atoms with van der Waals surface area (Å²) in [5.41, 5.74) is 5.81. The molecule has 2 unspecified atom stereocenters. The van der Waals surface area contributed by atoms with Crippen LogP contribution in [0.15, 0.2) is 10.2 Å². The van der Waals surface area contributed by atoms with E-state index in [1.165, 1.54) is 0 Å². The number of rotatable bonds is 1. The van der Waals surface area contributed by atoms with E-state index >= 15 is 0 Å². The summed E-state index contributed by atoms with van der Waals surface area (Å²) in [5.74, 6) is 0.333. The Hall–Kier alpha value is -0.350. The molecular weight excluding hydrogens is 235 g/mol. The van der Waals surface area contributed by atoms with Gasteiger partial charge in [-0.05, 0) is 24.7 Å². The zero-order valence-electron chi connectivity index (χ0n) is 8.56. The highest BCUT2D eigenvalue weighted by Crippen LogP contribution is 2.69. The van der Waals surface area contributed by atoms with E-state index in [9.17, 15) is 0 Å². The maximum Gasteiger partial charge on any atom is 0.0997 e. The van der Waals surface area contributed by atoms with Crippen molar-refractivity contribution in [3.8, 4) is 0 Å². The molecule has 2 aliphatic heterocycles. The zero-order valence-corrected chi connectivity index (χ0v) is 10.2. The van der Waals surface area contributed by atoms with Crippen molar-refractivity contribution in [3.63, 3.8) is 0 Å². The van der Waals surface area contributed by atoms with E-state index in [2.05, 4.69) is 17.2 Å². The Kier molecular flexibility index (Phi) is 2.81. The fourth-order valence-electron chi connectivity index (χ4n) is 3.25. The largest absolute Gasteiger partial charge is 0.387 e. The van der Waals surface area contributed by atoms with Crippen molar-refractivity contribution in [3.05, 3.63) is 0 Å². The fourth-order valence-corrected chi connectivity index (χ4v) is 3.25. The van der Waals surface area contributed by atoms with Crippen LogP contribution in [0, 0.1) is 16.2 Å². The van der Waals surface area contributed by atoms with E-state index in [0.29, 0.717) is 11.9 Å². The molecule has 6 heteroatoms. The number of nitrogens with zero attached hydrogens (tertiary/aromatic N) is 2. The molecule has 0 amide bonds. The maximum atomic E-state index is 7.68. The lowest BCUT2D eigenvalue weighted by atomic mass is 9.57. The molecule has 86 valence electrons. The minimum atomic E-state index is -0.108. The van der Waals surface area contributed by atoms with Crippen LogP contribution >= 0.6 is 24.8 Å². The summed E-state index contributed by atoms with van der Waals surface area (Å²) < 4.78 is 0. The van der Waals surface area contributed by atoms with Crippen molar-refractivity contribution in [2.45, 2.75) is 38.3 Å². The van der Waals surface area contributed by atoms with Gasteiger partial charge in [-0.1, -0.05) is 6.92 Å². The number of nitrogens with one attached hydrogen (secondary N) is 1. The molecule has 0 aromatic carbocycles. The lowest BCUT2D eigenvalue weighted by Crippen LogP contribution is -2.49. The molecule has 0 spiro atoms. The first-order chi connectivity index (χ1) is 6.08. The van der Waals surface area contributed by atoms with Crippen LogP contribution in [0.1, 0.15) is 26.2 Å². The van der Waals surface area contributed by atoms with Crippen LogP contribution in [-0.2, 0) is 0 Å². The summed E-state index contributed by atoms with van der Waals surface area (Å²) in [6.45, 7) is 2.24. The molecule has 3 N–H and O–H groups in total. The van der Waals surface area contributed by atoms with E-state index in [1.54, 1.807) is 0 Å². The van der Waals surface area contributed by atoms with E-state index in [0.717, 1.165) is 19.3 Å². The summed E-state index contributed by atoms with van der Waals surface area (Å²) in [6, 6.07) is 0.650. The molecule has 0 aromatic rings. The van der Waals surface area contributed by atoms with Crippen LogP contribution in [0.5, 0.6) is 0 Å². The van der Waals surface area contributed by atoms with Gasteiger partial charge in [0.1, 0.15) is 0 Å². The van der Waals surface area contributed by atoms with E-state index in [-0.39, 0.29) is 41.7 Å². The zero-order chi connectivity index (χ0) is 9.27. The molecule has 15 heavy (non-hydrogen) atoms. The average molecular weight is 251 g/mol. The molecule has 0 saturated heterocycles. The van der Waals surface area contributed by atoms with E-state index in [4.69, 9.17) is 11.1 Å².